The van der Waals surface area contributed by atoms with Gasteiger partial charge in [0.25, 0.3) is 0 Å². The highest BCUT2D eigenvalue weighted by Gasteiger charge is 2.12. The second-order valence-electron chi connectivity index (χ2n) is 4.82. The Balaban J connectivity index is 1.85. The fraction of sp³-hybridized carbons (Fsp3) is 0.462. The Kier molecular flexibility index (Phi) is 4.21. The summed E-state index contributed by atoms with van der Waals surface area (Å²) in [6, 6.07) is 3.25. The van der Waals surface area contributed by atoms with E-state index in [0.29, 0.717) is 9.24 Å². The molecular weight excluding hydrogens is 345 g/mol. The molecule has 1 saturated heterocycles. The molecule has 108 valence electrons. The van der Waals surface area contributed by atoms with Gasteiger partial charge in [0.2, 0.25) is 0 Å². The van der Waals surface area contributed by atoms with Crippen molar-refractivity contribution in [3.8, 4) is 0 Å². The molecule has 1 aliphatic heterocycles. The van der Waals surface area contributed by atoms with Crippen molar-refractivity contribution in [1.82, 2.24) is 14.5 Å². The van der Waals surface area contributed by atoms with Crippen LogP contribution in [-0.2, 0) is 11.3 Å². The quantitative estimate of drug-likeness (QED) is 0.855. The van der Waals surface area contributed by atoms with Crippen LogP contribution in [0.25, 0.3) is 11.0 Å². The van der Waals surface area contributed by atoms with Gasteiger partial charge >= 0.3 is 0 Å². The van der Waals surface area contributed by atoms with Gasteiger partial charge in [-0.1, -0.05) is 0 Å². The minimum Gasteiger partial charge on any atom is -0.379 e. The highest BCUT2D eigenvalue weighted by atomic mass is 79.9. The molecule has 0 bridgehead atoms. The van der Waals surface area contributed by atoms with E-state index in [-0.39, 0.29) is 5.82 Å². The maximum atomic E-state index is 13.7. The molecule has 20 heavy (non-hydrogen) atoms. The number of fused-ring (bicyclic) bond motifs is 1. The molecule has 2 aromatic rings. The minimum absolute atomic E-state index is 0.272. The van der Waals surface area contributed by atoms with Gasteiger partial charge in [-0.2, -0.15) is 0 Å². The maximum absolute atomic E-state index is 13.7. The Morgan fingerprint density at radius 1 is 1.30 bits per heavy atom. The molecule has 1 N–H and O–H groups in total. The highest BCUT2D eigenvalue weighted by Crippen LogP contribution is 2.23. The van der Waals surface area contributed by atoms with Gasteiger partial charge in [-0.3, -0.25) is 4.90 Å². The van der Waals surface area contributed by atoms with Gasteiger partial charge in [0, 0.05) is 32.2 Å². The second kappa shape index (κ2) is 5.93. The molecule has 0 saturated carbocycles. The fourth-order valence-electron chi connectivity index (χ4n) is 2.44. The number of aromatic amines is 1. The smallest absolute Gasteiger partial charge is 0.178 e. The first-order chi connectivity index (χ1) is 9.65. The molecule has 1 aromatic carbocycles. The Labute approximate surface area is 129 Å². The Hall–Kier alpha value is -0.760. The largest absolute Gasteiger partial charge is 0.379 e. The molecule has 1 fully saturated rings. The van der Waals surface area contributed by atoms with Gasteiger partial charge in [-0.15, -0.1) is 0 Å². The summed E-state index contributed by atoms with van der Waals surface area (Å²) in [6.45, 7) is 5.08. The van der Waals surface area contributed by atoms with E-state index in [0.717, 1.165) is 50.4 Å². The van der Waals surface area contributed by atoms with Crippen molar-refractivity contribution in [2.45, 2.75) is 6.54 Å². The van der Waals surface area contributed by atoms with Crippen molar-refractivity contribution in [3.63, 3.8) is 0 Å². The molecule has 0 amide bonds. The van der Waals surface area contributed by atoms with E-state index < -0.39 is 0 Å². The Bertz CT molecular complexity index is 678. The van der Waals surface area contributed by atoms with Gasteiger partial charge in [0.1, 0.15) is 5.82 Å². The number of morpholine rings is 1. The number of hydrogen-bond acceptors (Lipinski definition) is 3. The van der Waals surface area contributed by atoms with Crippen LogP contribution in [0.15, 0.2) is 16.6 Å². The summed E-state index contributed by atoms with van der Waals surface area (Å²) in [5.41, 5.74) is 1.66. The number of aromatic nitrogens is 2. The molecule has 0 spiro atoms. The molecule has 0 radical (unpaired) electrons. The second-order valence-corrected chi connectivity index (χ2v) is 6.06. The van der Waals surface area contributed by atoms with Gasteiger partial charge in [-0.05, 0) is 34.2 Å². The molecule has 0 aliphatic carbocycles. The van der Waals surface area contributed by atoms with Gasteiger partial charge < -0.3 is 14.3 Å². The number of nitrogens with one attached hydrogen (secondary N) is 1. The lowest BCUT2D eigenvalue weighted by Gasteiger charge is -2.26. The summed E-state index contributed by atoms with van der Waals surface area (Å²) in [7, 11) is 0. The molecule has 7 heteroatoms. The summed E-state index contributed by atoms with van der Waals surface area (Å²) in [5.74, 6) is -0.272. The maximum Gasteiger partial charge on any atom is 0.178 e. The minimum atomic E-state index is -0.272. The van der Waals surface area contributed by atoms with E-state index in [2.05, 4.69) is 25.8 Å². The van der Waals surface area contributed by atoms with Crippen molar-refractivity contribution in [2.24, 2.45) is 0 Å². The van der Waals surface area contributed by atoms with Crippen molar-refractivity contribution in [2.75, 3.05) is 32.8 Å². The van der Waals surface area contributed by atoms with Crippen LogP contribution in [0.5, 0.6) is 0 Å². The summed E-state index contributed by atoms with van der Waals surface area (Å²) in [5, 5.41) is 0. The first-order valence-electron chi connectivity index (χ1n) is 6.53. The van der Waals surface area contributed by atoms with Crippen LogP contribution in [0.1, 0.15) is 0 Å². The molecule has 2 heterocycles. The number of imidazole rings is 1. The number of H-pyrrole nitrogens is 1. The zero-order valence-electron chi connectivity index (χ0n) is 10.9. The first kappa shape index (κ1) is 14.2. The zero-order valence-corrected chi connectivity index (χ0v) is 13.3. The lowest BCUT2D eigenvalue weighted by atomic mass is 10.3. The molecule has 0 unspecified atom stereocenters. The summed E-state index contributed by atoms with van der Waals surface area (Å²) in [4.78, 5) is 5.45. The van der Waals surface area contributed by atoms with Crippen molar-refractivity contribution >= 4 is 39.2 Å². The Morgan fingerprint density at radius 3 is 2.80 bits per heavy atom. The molecule has 3 rings (SSSR count). The summed E-state index contributed by atoms with van der Waals surface area (Å²) in [6.07, 6.45) is 0. The standard InChI is InChI=1S/C13H15BrFN3OS/c14-9-7-11-12(8-10(9)15)18(13(20)16-11)2-1-17-3-5-19-6-4-17/h7-8H,1-6H2,(H,16,20). The molecule has 1 aromatic heterocycles. The SMILES string of the molecule is Fc1cc2c(cc1Br)[nH]c(=S)n2CCN1CCOCC1. The third-order valence-electron chi connectivity index (χ3n) is 3.56. The zero-order chi connectivity index (χ0) is 14.1. The average Bonchev–Trinajstić information content (AvgIpc) is 2.73. The van der Waals surface area contributed by atoms with Crippen LogP contribution in [0, 0.1) is 10.6 Å². The van der Waals surface area contributed by atoms with Crippen LogP contribution < -0.4 is 0 Å². The van der Waals surface area contributed by atoms with Gasteiger partial charge in [0.15, 0.2) is 4.77 Å². The first-order valence-corrected chi connectivity index (χ1v) is 7.73. The van der Waals surface area contributed by atoms with E-state index in [1.54, 1.807) is 6.07 Å². The third kappa shape index (κ3) is 2.81. The van der Waals surface area contributed by atoms with Crippen LogP contribution >= 0.6 is 28.1 Å². The number of ether oxygens (including phenoxy) is 1. The lowest BCUT2D eigenvalue weighted by Crippen LogP contribution is -2.38. The normalized spacial score (nSPS) is 16.9. The number of benzene rings is 1. The molecule has 1 aliphatic rings. The lowest BCUT2D eigenvalue weighted by molar-refractivity contribution is 0.0365. The van der Waals surface area contributed by atoms with Crippen molar-refractivity contribution in [1.29, 1.82) is 0 Å². The average molecular weight is 360 g/mol. The monoisotopic (exact) mass is 359 g/mol. The van der Waals surface area contributed by atoms with Crippen molar-refractivity contribution < 1.29 is 9.13 Å². The van der Waals surface area contributed by atoms with Gasteiger partial charge in [-0.25, -0.2) is 4.39 Å². The number of halogens is 2. The molecule has 4 nitrogen and oxygen atoms in total. The number of hydrogen-bond donors (Lipinski definition) is 1. The highest BCUT2D eigenvalue weighted by molar-refractivity contribution is 9.10. The predicted octanol–water partition coefficient (Wildman–Crippen LogP) is 2.93. The third-order valence-corrected chi connectivity index (χ3v) is 4.49. The van der Waals surface area contributed by atoms with Gasteiger partial charge in [0.05, 0.1) is 28.7 Å². The predicted molar refractivity (Wildman–Crippen MR) is 82.0 cm³/mol. The van der Waals surface area contributed by atoms with Crippen LogP contribution in [-0.4, -0.2) is 47.3 Å². The van der Waals surface area contributed by atoms with Crippen LogP contribution in [0.4, 0.5) is 4.39 Å². The summed E-state index contributed by atoms with van der Waals surface area (Å²) < 4.78 is 22.1. The van der Waals surface area contributed by atoms with E-state index in [4.69, 9.17) is 17.0 Å². The van der Waals surface area contributed by atoms with E-state index in [1.165, 1.54) is 6.07 Å². The van der Waals surface area contributed by atoms with E-state index in [1.807, 2.05) is 4.57 Å². The Morgan fingerprint density at radius 2 is 2.05 bits per heavy atom. The fourth-order valence-corrected chi connectivity index (χ4v) is 3.08. The van der Waals surface area contributed by atoms with Crippen LogP contribution in [0.3, 0.4) is 0 Å². The van der Waals surface area contributed by atoms with E-state index in [9.17, 15) is 4.39 Å². The number of nitrogens with zero attached hydrogens (tertiary/aromatic N) is 2. The molecule has 0 atom stereocenters. The van der Waals surface area contributed by atoms with Crippen LogP contribution in [0.2, 0.25) is 0 Å². The summed E-state index contributed by atoms with van der Waals surface area (Å²) >= 11 is 8.52. The topological polar surface area (TPSA) is 33.2 Å². The molecular formula is C13H15BrFN3OS. The van der Waals surface area contributed by atoms with Crippen molar-refractivity contribution in [3.05, 3.63) is 27.2 Å². The van der Waals surface area contributed by atoms with E-state index >= 15 is 0 Å². The number of rotatable bonds is 3.